The number of benzene rings is 2. The van der Waals surface area contributed by atoms with Gasteiger partial charge in [-0.1, -0.05) is 24.3 Å². The van der Waals surface area contributed by atoms with Gasteiger partial charge in [0.2, 0.25) is 10.0 Å². The highest BCUT2D eigenvalue weighted by molar-refractivity contribution is 7.88. The van der Waals surface area contributed by atoms with E-state index in [4.69, 9.17) is 0 Å². The molecule has 0 aromatic heterocycles. The number of non-ortho nitro benzene ring substituents is 1. The number of hydrogen-bond acceptors (Lipinski definition) is 4. The summed E-state index contributed by atoms with van der Waals surface area (Å²) in [5.74, 6) is -0.658. The minimum Gasteiger partial charge on any atom is -0.258 e. The maximum Gasteiger partial charge on any atom is 0.269 e. The molecular weight excluding hydrogens is 335 g/mol. The zero-order chi connectivity index (χ0) is 17.9. The molecule has 0 fully saturated rings. The van der Waals surface area contributed by atoms with Crippen LogP contribution >= 0.6 is 0 Å². The first-order valence-corrected chi connectivity index (χ1v) is 8.76. The third kappa shape index (κ3) is 4.15. The maximum atomic E-state index is 13.0. The Balaban J connectivity index is 2.16. The number of nitro benzene ring substituents is 1. The van der Waals surface area contributed by atoms with Crippen molar-refractivity contribution in [1.29, 1.82) is 0 Å². The van der Waals surface area contributed by atoms with Crippen molar-refractivity contribution in [2.45, 2.75) is 18.7 Å². The van der Waals surface area contributed by atoms with Gasteiger partial charge < -0.3 is 0 Å². The molecule has 0 aliphatic carbocycles. The fourth-order valence-electron chi connectivity index (χ4n) is 2.22. The molecule has 2 rings (SSSR count). The molecule has 0 radical (unpaired) electrons. The molecule has 0 spiro atoms. The monoisotopic (exact) mass is 352 g/mol. The van der Waals surface area contributed by atoms with Crippen molar-refractivity contribution in [3.8, 4) is 0 Å². The van der Waals surface area contributed by atoms with E-state index in [1.54, 1.807) is 6.92 Å². The van der Waals surface area contributed by atoms with E-state index in [-0.39, 0.29) is 17.3 Å². The van der Waals surface area contributed by atoms with Gasteiger partial charge >= 0.3 is 0 Å². The average Bonchev–Trinajstić information content (AvgIpc) is 2.54. The van der Waals surface area contributed by atoms with Gasteiger partial charge in [0.15, 0.2) is 0 Å². The Labute approximate surface area is 139 Å². The fourth-order valence-corrected chi connectivity index (χ4v) is 3.64. The summed E-state index contributed by atoms with van der Waals surface area (Å²) in [6, 6.07) is 10.6. The Hall–Kier alpha value is -2.32. The molecule has 0 bridgehead atoms. The van der Waals surface area contributed by atoms with Crippen molar-refractivity contribution in [2.75, 3.05) is 7.05 Å². The third-order valence-corrected chi connectivity index (χ3v) is 5.72. The number of rotatable bonds is 6. The summed E-state index contributed by atoms with van der Waals surface area (Å²) in [5.41, 5.74) is 1.04. The van der Waals surface area contributed by atoms with E-state index in [9.17, 15) is 22.9 Å². The Morgan fingerprint density at radius 3 is 2.17 bits per heavy atom. The molecule has 2 aromatic carbocycles. The second-order valence-corrected chi connectivity index (χ2v) is 7.45. The van der Waals surface area contributed by atoms with E-state index in [0.29, 0.717) is 11.1 Å². The highest BCUT2D eigenvalue weighted by atomic mass is 32.2. The molecule has 2 aromatic rings. The van der Waals surface area contributed by atoms with E-state index < -0.39 is 21.0 Å². The highest BCUT2D eigenvalue weighted by Gasteiger charge is 2.25. The van der Waals surface area contributed by atoms with Crippen LogP contribution in [0.1, 0.15) is 24.1 Å². The summed E-state index contributed by atoms with van der Waals surface area (Å²) < 4.78 is 39.2. The first-order valence-electron chi connectivity index (χ1n) is 7.15. The van der Waals surface area contributed by atoms with Gasteiger partial charge in [0, 0.05) is 25.2 Å². The molecule has 0 saturated heterocycles. The van der Waals surface area contributed by atoms with Crippen molar-refractivity contribution in [1.82, 2.24) is 4.31 Å². The van der Waals surface area contributed by atoms with Crippen LogP contribution in [0.3, 0.4) is 0 Å². The average molecular weight is 352 g/mol. The van der Waals surface area contributed by atoms with Gasteiger partial charge in [-0.05, 0) is 30.2 Å². The number of sulfonamides is 1. The second-order valence-electron chi connectivity index (χ2n) is 5.42. The smallest absolute Gasteiger partial charge is 0.258 e. The molecule has 0 aliphatic rings. The van der Waals surface area contributed by atoms with E-state index in [0.717, 1.165) is 0 Å². The zero-order valence-electron chi connectivity index (χ0n) is 13.2. The molecular formula is C16H17FN2O4S. The lowest BCUT2D eigenvalue weighted by Crippen LogP contribution is -2.30. The molecule has 1 atom stereocenters. The van der Waals surface area contributed by atoms with Crippen molar-refractivity contribution in [2.24, 2.45) is 0 Å². The molecule has 0 amide bonds. The normalized spacial score (nSPS) is 13.0. The van der Waals surface area contributed by atoms with Gasteiger partial charge in [-0.15, -0.1) is 0 Å². The molecule has 0 N–H and O–H groups in total. The van der Waals surface area contributed by atoms with Crippen molar-refractivity contribution >= 4 is 15.7 Å². The molecule has 0 heterocycles. The molecule has 128 valence electrons. The number of nitrogens with zero attached hydrogens (tertiary/aromatic N) is 2. The number of nitro groups is 1. The number of hydrogen-bond donors (Lipinski definition) is 0. The molecule has 1 unspecified atom stereocenters. The fraction of sp³-hybridized carbons (Fsp3) is 0.250. The molecule has 0 saturated carbocycles. The lowest BCUT2D eigenvalue weighted by atomic mass is 10.1. The van der Waals surface area contributed by atoms with E-state index in [1.807, 2.05) is 0 Å². The topological polar surface area (TPSA) is 80.5 Å². The van der Waals surface area contributed by atoms with Crippen LogP contribution < -0.4 is 0 Å². The quantitative estimate of drug-likeness (QED) is 0.590. The Kier molecular flexibility index (Phi) is 5.30. The summed E-state index contributed by atoms with van der Waals surface area (Å²) >= 11 is 0. The second kappa shape index (κ2) is 7.06. The van der Waals surface area contributed by atoms with Gasteiger partial charge in [-0.3, -0.25) is 10.1 Å². The summed E-state index contributed by atoms with van der Waals surface area (Å²) in [5, 5.41) is 10.6. The van der Waals surface area contributed by atoms with Crippen LogP contribution in [0.2, 0.25) is 0 Å². The standard InChI is InChI=1S/C16H17FN2O4S/c1-12(14-5-7-15(17)8-6-14)18(2)24(22,23)11-13-3-9-16(10-4-13)19(20)21/h3-10,12H,11H2,1-2H3. The Morgan fingerprint density at radius 1 is 1.12 bits per heavy atom. The summed E-state index contributed by atoms with van der Waals surface area (Å²) in [4.78, 5) is 10.1. The van der Waals surface area contributed by atoms with Crippen molar-refractivity contribution < 1.29 is 17.7 Å². The summed E-state index contributed by atoms with van der Waals surface area (Å²) in [6.07, 6.45) is 0. The first-order chi connectivity index (χ1) is 11.2. The minimum atomic E-state index is -3.63. The van der Waals surface area contributed by atoms with Crippen LogP contribution in [0, 0.1) is 15.9 Å². The molecule has 24 heavy (non-hydrogen) atoms. The zero-order valence-corrected chi connectivity index (χ0v) is 14.0. The van der Waals surface area contributed by atoms with Crippen LogP contribution in [0.5, 0.6) is 0 Å². The highest BCUT2D eigenvalue weighted by Crippen LogP contribution is 2.24. The van der Waals surface area contributed by atoms with Gasteiger partial charge in [-0.25, -0.2) is 12.8 Å². The van der Waals surface area contributed by atoms with Crippen LogP contribution in [-0.2, 0) is 15.8 Å². The Bertz CT molecular complexity index is 820. The predicted octanol–water partition coefficient (Wildman–Crippen LogP) is 3.26. The third-order valence-electron chi connectivity index (χ3n) is 3.83. The van der Waals surface area contributed by atoms with Gasteiger partial charge in [-0.2, -0.15) is 4.31 Å². The largest absolute Gasteiger partial charge is 0.269 e. The molecule has 6 nitrogen and oxygen atoms in total. The lowest BCUT2D eigenvalue weighted by Gasteiger charge is -2.24. The molecule has 0 aliphatic heterocycles. The van der Waals surface area contributed by atoms with E-state index >= 15 is 0 Å². The van der Waals surface area contributed by atoms with Crippen LogP contribution in [-0.4, -0.2) is 24.7 Å². The summed E-state index contributed by atoms with van der Waals surface area (Å²) in [6.45, 7) is 1.71. The predicted molar refractivity (Wildman–Crippen MR) is 88.3 cm³/mol. The molecule has 8 heteroatoms. The van der Waals surface area contributed by atoms with Crippen LogP contribution in [0.4, 0.5) is 10.1 Å². The Morgan fingerprint density at radius 2 is 1.67 bits per heavy atom. The van der Waals surface area contributed by atoms with Crippen LogP contribution in [0.25, 0.3) is 0 Å². The van der Waals surface area contributed by atoms with Gasteiger partial charge in [0.1, 0.15) is 5.82 Å². The van der Waals surface area contributed by atoms with E-state index in [2.05, 4.69) is 0 Å². The van der Waals surface area contributed by atoms with Crippen molar-refractivity contribution in [3.05, 3.63) is 75.6 Å². The van der Waals surface area contributed by atoms with Crippen LogP contribution in [0.15, 0.2) is 48.5 Å². The maximum absolute atomic E-state index is 13.0. The van der Waals surface area contributed by atoms with Gasteiger partial charge in [0.25, 0.3) is 5.69 Å². The minimum absolute atomic E-state index is 0.0933. The van der Waals surface area contributed by atoms with E-state index in [1.165, 1.54) is 59.9 Å². The van der Waals surface area contributed by atoms with Crippen molar-refractivity contribution in [3.63, 3.8) is 0 Å². The number of halogens is 1. The lowest BCUT2D eigenvalue weighted by molar-refractivity contribution is -0.384. The first kappa shape index (κ1) is 18.0. The summed E-state index contributed by atoms with van der Waals surface area (Å²) in [7, 11) is -2.18. The van der Waals surface area contributed by atoms with Gasteiger partial charge in [0.05, 0.1) is 10.7 Å². The SMILES string of the molecule is CC(c1ccc(F)cc1)N(C)S(=O)(=O)Cc1ccc([N+](=O)[O-])cc1.